The molecule has 1 amide bonds. The van der Waals surface area contributed by atoms with Gasteiger partial charge < -0.3 is 10.6 Å². The van der Waals surface area contributed by atoms with E-state index in [0.717, 1.165) is 44.6 Å². The molecule has 1 aliphatic carbocycles. The largest absolute Gasteiger partial charge is 0.395 e. The van der Waals surface area contributed by atoms with Crippen LogP contribution in [0.5, 0.6) is 0 Å². The standard InChI is InChI=1S/C15H25N5O/c1-3-20-8-4-5-11(20)9-19(2)15(21)14-12(16)13(17-18-14)10-6-7-10/h10-11H,3-9,16H2,1-2H3,(H,17,18). The summed E-state index contributed by atoms with van der Waals surface area (Å²) >= 11 is 0. The summed E-state index contributed by atoms with van der Waals surface area (Å²) in [5.41, 5.74) is 7.98. The third-order valence-corrected chi connectivity index (χ3v) is 4.76. The molecule has 3 N–H and O–H groups in total. The molecule has 1 aromatic heterocycles. The molecule has 2 heterocycles. The summed E-state index contributed by atoms with van der Waals surface area (Å²) in [5, 5.41) is 7.11. The summed E-state index contributed by atoms with van der Waals surface area (Å²) in [6.45, 7) is 5.11. The first-order valence-electron chi connectivity index (χ1n) is 7.95. The third-order valence-electron chi connectivity index (χ3n) is 4.76. The zero-order valence-corrected chi connectivity index (χ0v) is 12.9. The fraction of sp³-hybridized carbons (Fsp3) is 0.733. The Balaban J connectivity index is 1.66. The number of likely N-dealkylation sites (tertiary alicyclic amines) is 1. The number of rotatable bonds is 5. The van der Waals surface area contributed by atoms with E-state index < -0.39 is 0 Å². The number of nitrogens with two attached hydrogens (primary N) is 1. The summed E-state index contributed by atoms with van der Waals surface area (Å²) in [4.78, 5) is 16.8. The highest BCUT2D eigenvalue weighted by atomic mass is 16.2. The summed E-state index contributed by atoms with van der Waals surface area (Å²) in [5.74, 6) is 0.411. The van der Waals surface area contributed by atoms with Gasteiger partial charge in [0, 0.05) is 25.6 Å². The Labute approximate surface area is 125 Å². The van der Waals surface area contributed by atoms with Gasteiger partial charge in [-0.3, -0.25) is 14.8 Å². The lowest BCUT2D eigenvalue weighted by Gasteiger charge is -2.27. The van der Waals surface area contributed by atoms with E-state index in [1.807, 2.05) is 7.05 Å². The van der Waals surface area contributed by atoms with Gasteiger partial charge in [0.1, 0.15) is 0 Å². The number of amides is 1. The van der Waals surface area contributed by atoms with Crippen molar-refractivity contribution in [1.82, 2.24) is 20.0 Å². The lowest BCUT2D eigenvalue weighted by molar-refractivity contribution is 0.0750. The van der Waals surface area contributed by atoms with Crippen LogP contribution < -0.4 is 5.73 Å². The lowest BCUT2D eigenvalue weighted by Crippen LogP contribution is -2.41. The van der Waals surface area contributed by atoms with E-state index in [0.29, 0.717) is 23.3 Å². The molecular formula is C15H25N5O. The molecule has 1 aliphatic heterocycles. The second-order valence-electron chi connectivity index (χ2n) is 6.28. The Bertz CT molecular complexity index is 522. The van der Waals surface area contributed by atoms with Gasteiger partial charge in [-0.2, -0.15) is 5.10 Å². The van der Waals surface area contributed by atoms with Gasteiger partial charge in [-0.25, -0.2) is 0 Å². The minimum Gasteiger partial charge on any atom is -0.395 e. The van der Waals surface area contributed by atoms with Gasteiger partial charge in [-0.1, -0.05) is 6.92 Å². The maximum atomic E-state index is 12.5. The number of H-pyrrole nitrogens is 1. The molecule has 0 spiro atoms. The molecule has 0 radical (unpaired) electrons. The van der Waals surface area contributed by atoms with Crippen LogP contribution in [0.2, 0.25) is 0 Å². The number of hydrogen-bond acceptors (Lipinski definition) is 4. The molecule has 1 saturated heterocycles. The average molecular weight is 291 g/mol. The first-order valence-corrected chi connectivity index (χ1v) is 7.95. The number of nitrogens with zero attached hydrogens (tertiary/aromatic N) is 3. The van der Waals surface area contributed by atoms with Gasteiger partial charge in [-0.15, -0.1) is 0 Å². The highest BCUT2D eigenvalue weighted by Crippen LogP contribution is 2.42. The minimum absolute atomic E-state index is 0.0707. The number of carbonyl (C=O) groups is 1. The Morgan fingerprint density at radius 2 is 2.24 bits per heavy atom. The van der Waals surface area contributed by atoms with Crippen LogP contribution in [0.15, 0.2) is 0 Å². The molecule has 1 saturated carbocycles. The number of aromatic amines is 1. The molecule has 0 aromatic carbocycles. The molecule has 1 aromatic rings. The third kappa shape index (κ3) is 2.77. The molecule has 6 heteroatoms. The van der Waals surface area contributed by atoms with E-state index >= 15 is 0 Å². The molecular weight excluding hydrogens is 266 g/mol. The van der Waals surface area contributed by atoms with Gasteiger partial charge >= 0.3 is 0 Å². The summed E-state index contributed by atoms with van der Waals surface area (Å²) in [7, 11) is 1.85. The number of nitrogens with one attached hydrogen (secondary N) is 1. The van der Waals surface area contributed by atoms with Crippen LogP contribution in [0, 0.1) is 0 Å². The predicted molar refractivity (Wildman–Crippen MR) is 82.2 cm³/mol. The van der Waals surface area contributed by atoms with Crippen LogP contribution in [0.25, 0.3) is 0 Å². The van der Waals surface area contributed by atoms with Gasteiger partial charge in [0.15, 0.2) is 5.69 Å². The number of hydrogen-bond donors (Lipinski definition) is 2. The fourth-order valence-corrected chi connectivity index (χ4v) is 3.31. The van der Waals surface area contributed by atoms with Crippen molar-refractivity contribution in [3.8, 4) is 0 Å². The Morgan fingerprint density at radius 3 is 2.90 bits per heavy atom. The highest BCUT2D eigenvalue weighted by molar-refractivity contribution is 5.97. The summed E-state index contributed by atoms with van der Waals surface area (Å²) < 4.78 is 0. The van der Waals surface area contributed by atoms with E-state index in [2.05, 4.69) is 22.0 Å². The molecule has 116 valence electrons. The van der Waals surface area contributed by atoms with Crippen molar-refractivity contribution >= 4 is 11.6 Å². The van der Waals surface area contributed by atoms with Crippen LogP contribution >= 0.6 is 0 Å². The van der Waals surface area contributed by atoms with Gasteiger partial charge in [0.25, 0.3) is 5.91 Å². The second kappa shape index (κ2) is 5.67. The molecule has 21 heavy (non-hydrogen) atoms. The van der Waals surface area contributed by atoms with E-state index in [-0.39, 0.29) is 5.91 Å². The molecule has 1 unspecified atom stereocenters. The first kappa shape index (κ1) is 14.4. The quantitative estimate of drug-likeness (QED) is 0.860. The Morgan fingerprint density at radius 1 is 1.48 bits per heavy atom. The van der Waals surface area contributed by atoms with Crippen LogP contribution in [-0.2, 0) is 0 Å². The maximum absolute atomic E-state index is 12.5. The van der Waals surface area contributed by atoms with E-state index in [1.165, 1.54) is 6.42 Å². The molecule has 2 aliphatic rings. The molecule has 3 rings (SSSR count). The fourth-order valence-electron chi connectivity index (χ4n) is 3.31. The number of carbonyl (C=O) groups excluding carboxylic acids is 1. The average Bonchev–Trinajstić information content (AvgIpc) is 3.10. The molecule has 1 atom stereocenters. The van der Waals surface area contributed by atoms with Crippen LogP contribution in [0.4, 0.5) is 5.69 Å². The van der Waals surface area contributed by atoms with Crippen LogP contribution in [-0.4, -0.2) is 58.6 Å². The van der Waals surface area contributed by atoms with Gasteiger partial charge in [0.05, 0.1) is 11.4 Å². The van der Waals surface area contributed by atoms with E-state index in [9.17, 15) is 4.79 Å². The summed E-state index contributed by atoms with van der Waals surface area (Å²) in [6, 6.07) is 0.465. The number of nitrogen functional groups attached to an aromatic ring is 1. The van der Waals surface area contributed by atoms with Gasteiger partial charge in [-0.05, 0) is 38.8 Å². The van der Waals surface area contributed by atoms with E-state index in [1.54, 1.807) is 4.90 Å². The number of likely N-dealkylation sites (N-methyl/N-ethyl adjacent to an activating group) is 2. The Kier molecular flexibility index (Phi) is 3.89. The van der Waals surface area contributed by atoms with Crippen molar-refractivity contribution in [2.24, 2.45) is 0 Å². The van der Waals surface area contributed by atoms with Crippen molar-refractivity contribution < 1.29 is 4.79 Å². The monoisotopic (exact) mass is 291 g/mol. The van der Waals surface area contributed by atoms with Crippen molar-refractivity contribution in [2.75, 3.05) is 32.4 Å². The number of aromatic nitrogens is 2. The SMILES string of the molecule is CCN1CCCC1CN(C)C(=O)c1n[nH]c(C2CC2)c1N. The summed E-state index contributed by atoms with van der Waals surface area (Å²) in [6.07, 6.45) is 4.67. The van der Waals surface area contributed by atoms with Crippen LogP contribution in [0.3, 0.4) is 0 Å². The van der Waals surface area contributed by atoms with Gasteiger partial charge in [0.2, 0.25) is 0 Å². The molecule has 2 fully saturated rings. The second-order valence-corrected chi connectivity index (χ2v) is 6.28. The zero-order valence-electron chi connectivity index (χ0n) is 12.9. The van der Waals surface area contributed by atoms with Crippen molar-refractivity contribution in [1.29, 1.82) is 0 Å². The van der Waals surface area contributed by atoms with Crippen molar-refractivity contribution in [3.63, 3.8) is 0 Å². The molecule has 6 nitrogen and oxygen atoms in total. The van der Waals surface area contributed by atoms with E-state index in [4.69, 9.17) is 5.73 Å². The Hall–Kier alpha value is -1.56. The van der Waals surface area contributed by atoms with Crippen molar-refractivity contribution in [3.05, 3.63) is 11.4 Å². The molecule has 0 bridgehead atoms. The first-order chi connectivity index (χ1) is 10.1. The zero-order chi connectivity index (χ0) is 15.0. The predicted octanol–water partition coefficient (Wildman–Crippen LogP) is 1.43. The smallest absolute Gasteiger partial charge is 0.276 e. The van der Waals surface area contributed by atoms with Crippen LogP contribution in [0.1, 0.15) is 54.7 Å². The normalized spacial score (nSPS) is 22.7. The number of anilines is 1. The lowest BCUT2D eigenvalue weighted by atomic mass is 10.2. The highest BCUT2D eigenvalue weighted by Gasteiger charge is 2.32. The minimum atomic E-state index is -0.0707. The topological polar surface area (TPSA) is 78.2 Å². The van der Waals surface area contributed by atoms with Crippen molar-refractivity contribution in [2.45, 2.75) is 44.6 Å². The maximum Gasteiger partial charge on any atom is 0.276 e.